The number of phenolic OH excluding ortho intramolecular Hbond substituents is 1. The highest BCUT2D eigenvalue weighted by molar-refractivity contribution is 6.00. The Morgan fingerprint density at radius 1 is 1.43 bits per heavy atom. The number of aromatic hydroxyl groups is 1. The molecule has 0 spiro atoms. The summed E-state index contributed by atoms with van der Waals surface area (Å²) in [7, 11) is 0. The quantitative estimate of drug-likeness (QED) is 0.545. The van der Waals surface area contributed by atoms with E-state index < -0.39 is 28.3 Å². The SMILES string of the molecule is CC(NC(=O)c1cccc([N+](=O)[O-])c1O)C(=O)NC1CC1. The molecule has 0 bridgehead atoms. The molecule has 0 heterocycles. The van der Waals surface area contributed by atoms with E-state index in [0.29, 0.717) is 0 Å². The normalized spacial score (nSPS) is 15.1. The molecule has 8 heteroatoms. The number of nitrogens with zero attached hydrogens (tertiary/aromatic N) is 1. The second-order valence-corrected chi connectivity index (χ2v) is 4.91. The number of nitro groups is 1. The van der Waals surface area contributed by atoms with Crippen molar-refractivity contribution in [1.82, 2.24) is 10.6 Å². The molecule has 3 N–H and O–H groups in total. The largest absolute Gasteiger partial charge is 0.502 e. The molecule has 0 aromatic heterocycles. The van der Waals surface area contributed by atoms with Crippen LogP contribution in [0.15, 0.2) is 18.2 Å². The van der Waals surface area contributed by atoms with Crippen LogP contribution >= 0.6 is 0 Å². The summed E-state index contributed by atoms with van der Waals surface area (Å²) >= 11 is 0. The number of hydrogen-bond acceptors (Lipinski definition) is 5. The Bertz CT molecular complexity index is 597. The van der Waals surface area contributed by atoms with Crippen molar-refractivity contribution >= 4 is 17.5 Å². The fraction of sp³-hybridized carbons (Fsp3) is 0.385. The molecule has 0 saturated heterocycles. The molecule has 2 rings (SSSR count). The van der Waals surface area contributed by atoms with Gasteiger partial charge >= 0.3 is 5.69 Å². The molecule has 1 saturated carbocycles. The van der Waals surface area contributed by atoms with E-state index in [1.165, 1.54) is 19.1 Å². The first-order chi connectivity index (χ1) is 9.90. The minimum absolute atomic E-state index is 0.170. The number of carbonyl (C=O) groups is 2. The summed E-state index contributed by atoms with van der Waals surface area (Å²) in [4.78, 5) is 33.6. The molecular weight excluding hydrogens is 278 g/mol. The fourth-order valence-electron chi connectivity index (χ4n) is 1.76. The maximum absolute atomic E-state index is 12.0. The molecule has 8 nitrogen and oxygen atoms in total. The van der Waals surface area contributed by atoms with Crippen LogP contribution in [0.1, 0.15) is 30.1 Å². The molecular formula is C13H15N3O5. The van der Waals surface area contributed by atoms with Gasteiger partial charge < -0.3 is 15.7 Å². The van der Waals surface area contributed by atoms with E-state index in [4.69, 9.17) is 0 Å². The summed E-state index contributed by atoms with van der Waals surface area (Å²) in [5, 5.41) is 25.6. The second kappa shape index (κ2) is 5.78. The second-order valence-electron chi connectivity index (χ2n) is 4.91. The van der Waals surface area contributed by atoms with E-state index in [1.54, 1.807) is 0 Å². The molecule has 1 aromatic carbocycles. The van der Waals surface area contributed by atoms with Crippen molar-refractivity contribution in [2.75, 3.05) is 0 Å². The Hall–Kier alpha value is -2.64. The Morgan fingerprint density at radius 2 is 2.10 bits per heavy atom. The van der Waals surface area contributed by atoms with Crippen LogP contribution in [0.5, 0.6) is 5.75 Å². The Morgan fingerprint density at radius 3 is 2.67 bits per heavy atom. The number of carbonyl (C=O) groups excluding carboxylic acids is 2. The predicted molar refractivity (Wildman–Crippen MR) is 72.9 cm³/mol. The lowest BCUT2D eigenvalue weighted by atomic mass is 10.1. The smallest absolute Gasteiger partial charge is 0.311 e. The third-order valence-electron chi connectivity index (χ3n) is 3.12. The van der Waals surface area contributed by atoms with Crippen LogP contribution in [-0.2, 0) is 4.79 Å². The molecule has 21 heavy (non-hydrogen) atoms. The number of benzene rings is 1. The molecule has 1 atom stereocenters. The van der Waals surface area contributed by atoms with E-state index in [0.717, 1.165) is 18.9 Å². The average molecular weight is 293 g/mol. The van der Waals surface area contributed by atoms with E-state index in [1.807, 2.05) is 0 Å². The van der Waals surface area contributed by atoms with Crippen molar-refractivity contribution in [2.45, 2.75) is 31.8 Å². The first kappa shape index (κ1) is 14.8. The highest BCUT2D eigenvalue weighted by atomic mass is 16.6. The van der Waals surface area contributed by atoms with Gasteiger partial charge in [0.05, 0.1) is 10.5 Å². The molecule has 1 aliphatic rings. The molecule has 112 valence electrons. The summed E-state index contributed by atoms with van der Waals surface area (Å²) in [6.07, 6.45) is 1.86. The van der Waals surface area contributed by atoms with Gasteiger partial charge in [-0.25, -0.2) is 0 Å². The Kier molecular flexibility index (Phi) is 4.06. The number of hydrogen-bond donors (Lipinski definition) is 3. The molecule has 0 radical (unpaired) electrons. The number of nitro benzene ring substituents is 1. The Labute approximate surface area is 120 Å². The van der Waals surface area contributed by atoms with Gasteiger partial charge in [-0.2, -0.15) is 0 Å². The van der Waals surface area contributed by atoms with Gasteiger partial charge in [-0.15, -0.1) is 0 Å². The van der Waals surface area contributed by atoms with E-state index in [9.17, 15) is 24.8 Å². The number of phenols is 1. The summed E-state index contributed by atoms with van der Waals surface area (Å²) in [6.45, 7) is 1.50. The lowest BCUT2D eigenvalue weighted by Crippen LogP contribution is -2.45. The van der Waals surface area contributed by atoms with E-state index in [-0.39, 0.29) is 17.5 Å². The van der Waals surface area contributed by atoms with Crippen molar-refractivity contribution in [1.29, 1.82) is 0 Å². The summed E-state index contributed by atoms with van der Waals surface area (Å²) in [6, 6.07) is 3.01. The van der Waals surface area contributed by atoms with Gasteiger partial charge in [-0.3, -0.25) is 19.7 Å². The Balaban J connectivity index is 2.07. The lowest BCUT2D eigenvalue weighted by Gasteiger charge is -2.14. The predicted octanol–water partition coefficient (Wildman–Crippen LogP) is 0.697. The van der Waals surface area contributed by atoms with Gasteiger partial charge in [0.1, 0.15) is 6.04 Å². The van der Waals surface area contributed by atoms with Crippen LogP contribution in [0.25, 0.3) is 0 Å². The first-order valence-corrected chi connectivity index (χ1v) is 6.47. The highest BCUT2D eigenvalue weighted by Crippen LogP contribution is 2.29. The number of amides is 2. The number of nitrogens with one attached hydrogen (secondary N) is 2. The third kappa shape index (κ3) is 3.47. The standard InChI is InChI=1S/C13H15N3O5/c1-7(12(18)15-8-5-6-8)14-13(19)9-3-2-4-10(11(9)17)16(20)21/h2-4,7-8,17H,5-6H2,1H3,(H,14,19)(H,15,18). The van der Waals surface area contributed by atoms with Crippen LogP contribution in [0.3, 0.4) is 0 Å². The number of para-hydroxylation sites is 1. The van der Waals surface area contributed by atoms with Crippen LogP contribution in [-0.4, -0.2) is 33.9 Å². The maximum atomic E-state index is 12.0. The fourth-order valence-corrected chi connectivity index (χ4v) is 1.76. The summed E-state index contributed by atoms with van der Waals surface area (Å²) in [5.74, 6) is -1.78. The molecule has 0 aliphatic heterocycles. The molecule has 2 amide bonds. The van der Waals surface area contributed by atoms with Gasteiger partial charge in [0.2, 0.25) is 11.7 Å². The molecule has 1 aliphatic carbocycles. The van der Waals surface area contributed by atoms with Crippen molar-refractivity contribution in [3.05, 3.63) is 33.9 Å². The maximum Gasteiger partial charge on any atom is 0.311 e. The van der Waals surface area contributed by atoms with Crippen LogP contribution in [0, 0.1) is 10.1 Å². The minimum atomic E-state index is -0.795. The average Bonchev–Trinajstić information content (AvgIpc) is 3.22. The third-order valence-corrected chi connectivity index (χ3v) is 3.12. The van der Waals surface area contributed by atoms with Crippen molar-refractivity contribution < 1.29 is 19.6 Å². The number of rotatable bonds is 5. The summed E-state index contributed by atoms with van der Waals surface area (Å²) < 4.78 is 0. The van der Waals surface area contributed by atoms with Crippen LogP contribution < -0.4 is 10.6 Å². The zero-order valence-electron chi connectivity index (χ0n) is 11.3. The van der Waals surface area contributed by atoms with Crippen molar-refractivity contribution in [3.63, 3.8) is 0 Å². The van der Waals surface area contributed by atoms with Crippen molar-refractivity contribution in [3.8, 4) is 5.75 Å². The van der Waals surface area contributed by atoms with Crippen LogP contribution in [0.4, 0.5) is 5.69 Å². The lowest BCUT2D eigenvalue weighted by molar-refractivity contribution is -0.385. The van der Waals surface area contributed by atoms with Gasteiger partial charge in [0.25, 0.3) is 5.91 Å². The zero-order valence-corrected chi connectivity index (χ0v) is 11.3. The van der Waals surface area contributed by atoms with Gasteiger partial charge in [-0.1, -0.05) is 6.07 Å². The van der Waals surface area contributed by atoms with Crippen molar-refractivity contribution in [2.24, 2.45) is 0 Å². The van der Waals surface area contributed by atoms with Crippen LogP contribution in [0.2, 0.25) is 0 Å². The topological polar surface area (TPSA) is 122 Å². The monoisotopic (exact) mass is 293 g/mol. The highest BCUT2D eigenvalue weighted by Gasteiger charge is 2.27. The molecule has 1 fully saturated rings. The van der Waals surface area contributed by atoms with Gasteiger partial charge in [-0.05, 0) is 25.8 Å². The molecule has 1 aromatic rings. The van der Waals surface area contributed by atoms with E-state index >= 15 is 0 Å². The summed E-state index contributed by atoms with van der Waals surface area (Å²) in [5.41, 5.74) is -0.798. The first-order valence-electron chi connectivity index (χ1n) is 6.47. The molecule has 1 unspecified atom stereocenters. The van der Waals surface area contributed by atoms with Gasteiger partial charge in [0, 0.05) is 12.1 Å². The minimum Gasteiger partial charge on any atom is -0.502 e. The van der Waals surface area contributed by atoms with E-state index in [2.05, 4.69) is 10.6 Å². The van der Waals surface area contributed by atoms with Gasteiger partial charge in [0.15, 0.2) is 0 Å². The zero-order chi connectivity index (χ0) is 15.6.